The second-order valence-corrected chi connectivity index (χ2v) is 7.12. The monoisotopic (exact) mass is 291 g/mol. The van der Waals surface area contributed by atoms with Crippen molar-refractivity contribution in [2.24, 2.45) is 22.7 Å². The summed E-state index contributed by atoms with van der Waals surface area (Å²) in [5, 5.41) is 15.0. The van der Waals surface area contributed by atoms with Crippen molar-refractivity contribution in [1.82, 2.24) is 5.32 Å². The maximum Gasteiger partial charge on any atom is 0.231 e. The predicted molar refractivity (Wildman–Crippen MR) is 78.3 cm³/mol. The normalized spacial score (nSPS) is 22.8. The standard InChI is InChI=1S/C11H21N3O2S2/c1-7(2)9(10(12)14-16)11(15)13-5-8-6-17-3-4-18-8/h7-9,16H,3-6H2,1-2H3,(H2,12,14)(H,13,15). The van der Waals surface area contributed by atoms with Crippen molar-refractivity contribution in [3.05, 3.63) is 0 Å². The highest BCUT2D eigenvalue weighted by molar-refractivity contribution is 8.06. The van der Waals surface area contributed by atoms with Crippen LogP contribution >= 0.6 is 23.5 Å². The van der Waals surface area contributed by atoms with Crippen molar-refractivity contribution in [1.29, 1.82) is 0 Å². The maximum atomic E-state index is 12.0. The summed E-state index contributed by atoms with van der Waals surface area (Å²) in [6.45, 7) is 4.42. The van der Waals surface area contributed by atoms with Crippen LogP contribution in [0.25, 0.3) is 0 Å². The number of hydrogen-bond donors (Lipinski definition) is 3. The lowest BCUT2D eigenvalue weighted by atomic mass is 9.94. The zero-order valence-electron chi connectivity index (χ0n) is 10.8. The number of nitrogens with one attached hydrogen (secondary N) is 1. The third-order valence-electron chi connectivity index (χ3n) is 2.77. The Morgan fingerprint density at radius 3 is 2.78 bits per heavy atom. The lowest BCUT2D eigenvalue weighted by Gasteiger charge is -2.23. The third kappa shape index (κ3) is 4.61. The molecular formula is C11H21N3O2S2. The van der Waals surface area contributed by atoms with E-state index in [0.29, 0.717) is 11.8 Å². The number of nitrogens with zero attached hydrogens (tertiary/aromatic N) is 1. The highest BCUT2D eigenvalue weighted by atomic mass is 32.2. The van der Waals surface area contributed by atoms with Crippen LogP contribution in [0.1, 0.15) is 13.8 Å². The van der Waals surface area contributed by atoms with Gasteiger partial charge in [0.05, 0.1) is 0 Å². The van der Waals surface area contributed by atoms with Crippen LogP contribution in [0.2, 0.25) is 0 Å². The van der Waals surface area contributed by atoms with Crippen molar-refractivity contribution < 1.29 is 10.0 Å². The molecule has 2 atom stereocenters. The fourth-order valence-electron chi connectivity index (χ4n) is 1.82. The van der Waals surface area contributed by atoms with E-state index in [1.54, 1.807) is 0 Å². The van der Waals surface area contributed by atoms with E-state index in [9.17, 15) is 4.79 Å². The maximum absolute atomic E-state index is 12.0. The molecule has 18 heavy (non-hydrogen) atoms. The molecule has 1 saturated heterocycles. The lowest BCUT2D eigenvalue weighted by Crippen LogP contribution is -2.44. The molecule has 4 N–H and O–H groups in total. The van der Waals surface area contributed by atoms with E-state index in [2.05, 4.69) is 10.5 Å². The molecule has 1 aliphatic heterocycles. The van der Waals surface area contributed by atoms with Gasteiger partial charge in [-0.05, 0) is 5.92 Å². The zero-order chi connectivity index (χ0) is 13.5. The van der Waals surface area contributed by atoms with Crippen LogP contribution in [-0.4, -0.2) is 46.0 Å². The number of hydrogen-bond acceptors (Lipinski definition) is 5. The molecule has 7 heteroatoms. The number of nitrogens with two attached hydrogens (primary N) is 1. The number of oxime groups is 1. The molecule has 0 spiro atoms. The Labute approximate surface area is 116 Å². The van der Waals surface area contributed by atoms with Crippen LogP contribution in [0, 0.1) is 11.8 Å². The van der Waals surface area contributed by atoms with Crippen LogP contribution < -0.4 is 11.1 Å². The molecule has 0 aromatic rings. The molecule has 0 aliphatic carbocycles. The third-order valence-corrected chi connectivity index (χ3v) is 5.62. The summed E-state index contributed by atoms with van der Waals surface area (Å²) in [5.41, 5.74) is 5.56. The van der Waals surface area contributed by atoms with Gasteiger partial charge in [-0.15, -0.1) is 0 Å². The summed E-state index contributed by atoms with van der Waals surface area (Å²) in [6, 6.07) is 0. The Morgan fingerprint density at radius 1 is 1.56 bits per heavy atom. The molecule has 1 aliphatic rings. The van der Waals surface area contributed by atoms with Gasteiger partial charge in [0.2, 0.25) is 5.91 Å². The van der Waals surface area contributed by atoms with Gasteiger partial charge in [-0.2, -0.15) is 23.5 Å². The second kappa shape index (κ2) is 7.78. The quantitative estimate of drug-likeness (QED) is 0.304. The van der Waals surface area contributed by atoms with Gasteiger partial charge in [0, 0.05) is 29.1 Å². The molecule has 2 unspecified atom stereocenters. The van der Waals surface area contributed by atoms with Crippen LogP contribution in [0.4, 0.5) is 0 Å². The average Bonchev–Trinajstić information content (AvgIpc) is 2.37. The van der Waals surface area contributed by atoms with Crippen LogP contribution in [0.15, 0.2) is 5.16 Å². The summed E-state index contributed by atoms with van der Waals surface area (Å²) in [5.74, 6) is 2.67. The molecule has 0 radical (unpaired) electrons. The molecule has 0 saturated carbocycles. The minimum Gasteiger partial charge on any atom is -0.409 e. The van der Waals surface area contributed by atoms with E-state index < -0.39 is 5.92 Å². The Bertz CT molecular complexity index is 305. The van der Waals surface area contributed by atoms with E-state index in [4.69, 9.17) is 10.9 Å². The molecule has 1 heterocycles. The van der Waals surface area contributed by atoms with E-state index in [1.807, 2.05) is 37.4 Å². The first-order valence-corrected chi connectivity index (χ1v) is 8.21. The van der Waals surface area contributed by atoms with Crippen molar-refractivity contribution >= 4 is 35.3 Å². The van der Waals surface area contributed by atoms with Gasteiger partial charge in [0.1, 0.15) is 5.92 Å². The van der Waals surface area contributed by atoms with Crippen LogP contribution in [-0.2, 0) is 4.79 Å². The number of amidine groups is 1. The first kappa shape index (κ1) is 15.5. The molecule has 0 aromatic heterocycles. The smallest absolute Gasteiger partial charge is 0.231 e. The zero-order valence-corrected chi connectivity index (χ0v) is 12.4. The summed E-state index contributed by atoms with van der Waals surface area (Å²) in [7, 11) is 0. The fraction of sp³-hybridized carbons (Fsp3) is 0.818. The molecule has 104 valence electrons. The summed E-state index contributed by atoms with van der Waals surface area (Å²) >= 11 is 3.81. The Balaban J connectivity index is 2.46. The average molecular weight is 291 g/mol. The van der Waals surface area contributed by atoms with E-state index in [1.165, 1.54) is 5.75 Å². The van der Waals surface area contributed by atoms with Crippen molar-refractivity contribution in [2.45, 2.75) is 19.1 Å². The Kier molecular flexibility index (Phi) is 6.70. The molecule has 1 amide bonds. The predicted octanol–water partition coefficient (Wildman–Crippen LogP) is 0.970. The highest BCUT2D eigenvalue weighted by Crippen LogP contribution is 2.23. The Hall–Kier alpha value is -0.560. The molecule has 5 nitrogen and oxygen atoms in total. The van der Waals surface area contributed by atoms with Gasteiger partial charge >= 0.3 is 0 Å². The molecule has 0 bridgehead atoms. The number of amides is 1. The van der Waals surface area contributed by atoms with Crippen molar-refractivity contribution in [2.75, 3.05) is 23.8 Å². The van der Waals surface area contributed by atoms with E-state index in [0.717, 1.165) is 11.5 Å². The number of carbonyl (C=O) groups excluding carboxylic acids is 1. The number of thioether (sulfide) groups is 2. The van der Waals surface area contributed by atoms with Crippen molar-refractivity contribution in [3.63, 3.8) is 0 Å². The highest BCUT2D eigenvalue weighted by Gasteiger charge is 2.27. The van der Waals surface area contributed by atoms with Crippen molar-refractivity contribution in [3.8, 4) is 0 Å². The number of rotatable bonds is 5. The van der Waals surface area contributed by atoms with E-state index >= 15 is 0 Å². The fourth-order valence-corrected chi connectivity index (χ4v) is 4.43. The largest absolute Gasteiger partial charge is 0.409 e. The second-order valence-electron chi connectivity index (χ2n) is 4.56. The summed E-state index contributed by atoms with van der Waals surface area (Å²) < 4.78 is 0. The van der Waals surface area contributed by atoms with Gasteiger partial charge in [-0.3, -0.25) is 4.79 Å². The molecule has 1 fully saturated rings. The topological polar surface area (TPSA) is 87.7 Å². The van der Waals surface area contributed by atoms with Gasteiger partial charge in [-0.25, -0.2) is 0 Å². The van der Waals surface area contributed by atoms with Gasteiger partial charge in [-0.1, -0.05) is 19.0 Å². The summed E-state index contributed by atoms with van der Waals surface area (Å²) in [4.78, 5) is 12.0. The minimum atomic E-state index is -0.559. The minimum absolute atomic E-state index is 0.00860. The molecular weight excluding hydrogens is 270 g/mol. The van der Waals surface area contributed by atoms with Crippen LogP contribution in [0.3, 0.4) is 0 Å². The first-order chi connectivity index (χ1) is 8.56. The summed E-state index contributed by atoms with van der Waals surface area (Å²) in [6.07, 6.45) is 0. The SMILES string of the molecule is CC(C)C(C(=O)NCC1CSCCS1)C(N)=NO. The van der Waals surface area contributed by atoms with Gasteiger partial charge in [0.25, 0.3) is 0 Å². The van der Waals surface area contributed by atoms with E-state index in [-0.39, 0.29) is 17.7 Å². The van der Waals surface area contributed by atoms with Crippen LogP contribution in [0.5, 0.6) is 0 Å². The molecule has 0 aromatic carbocycles. The lowest BCUT2D eigenvalue weighted by molar-refractivity contribution is -0.124. The van der Waals surface area contributed by atoms with Gasteiger partial charge in [0.15, 0.2) is 5.84 Å². The Morgan fingerprint density at radius 2 is 2.28 bits per heavy atom. The molecule has 1 rings (SSSR count). The first-order valence-electron chi connectivity index (χ1n) is 6.00. The number of carbonyl (C=O) groups is 1. The van der Waals surface area contributed by atoms with Gasteiger partial charge < -0.3 is 16.3 Å².